The molecule has 1 fully saturated rings. The van der Waals surface area contributed by atoms with Gasteiger partial charge in [-0.25, -0.2) is 8.42 Å². The Morgan fingerprint density at radius 3 is 2.72 bits per heavy atom. The highest BCUT2D eigenvalue weighted by molar-refractivity contribution is 7.89. The molecule has 10 heteroatoms. The Morgan fingerprint density at radius 2 is 2.12 bits per heavy atom. The summed E-state index contributed by atoms with van der Waals surface area (Å²) in [4.78, 5) is 0.137. The summed E-state index contributed by atoms with van der Waals surface area (Å²) in [5.74, 6) is 0. The number of morpholine rings is 1. The Labute approximate surface area is 158 Å². The summed E-state index contributed by atoms with van der Waals surface area (Å²) >= 11 is 11.4. The summed E-state index contributed by atoms with van der Waals surface area (Å²) in [7, 11) is -3.62. The van der Waals surface area contributed by atoms with Gasteiger partial charge in [-0.1, -0.05) is 18.5 Å². The first kappa shape index (κ1) is 20.3. The number of sulfonamides is 1. The van der Waals surface area contributed by atoms with Gasteiger partial charge in [0.25, 0.3) is 0 Å². The minimum Gasteiger partial charge on any atom is -0.394 e. The number of halogens is 1. The third-order valence-corrected chi connectivity index (χ3v) is 6.29. The van der Waals surface area contributed by atoms with Gasteiger partial charge in [0.2, 0.25) is 10.0 Å². The minimum absolute atomic E-state index is 0.0580. The molecule has 0 aliphatic carbocycles. The summed E-state index contributed by atoms with van der Waals surface area (Å²) < 4.78 is 32.0. The molecular formula is C15H22ClN3O4S2. The van der Waals surface area contributed by atoms with E-state index in [4.69, 9.17) is 28.6 Å². The molecule has 7 nitrogen and oxygen atoms in total. The van der Waals surface area contributed by atoms with Crippen molar-refractivity contribution in [1.29, 1.82) is 0 Å². The number of hydrogen-bond donors (Lipinski definition) is 3. The molecule has 0 amide bonds. The topological polar surface area (TPSA) is 90.9 Å². The van der Waals surface area contributed by atoms with Crippen LogP contribution in [0.4, 0.5) is 5.69 Å². The Hall–Kier alpha value is -0.970. The van der Waals surface area contributed by atoms with E-state index in [0.717, 1.165) is 0 Å². The summed E-state index contributed by atoms with van der Waals surface area (Å²) in [5.41, 5.74) is 0.390. The number of hydrogen-bond acceptors (Lipinski definition) is 5. The van der Waals surface area contributed by atoms with Crippen molar-refractivity contribution in [2.24, 2.45) is 0 Å². The van der Waals surface area contributed by atoms with Crippen molar-refractivity contribution >= 4 is 44.6 Å². The van der Waals surface area contributed by atoms with E-state index in [9.17, 15) is 13.5 Å². The monoisotopic (exact) mass is 407 g/mol. The number of benzene rings is 1. The van der Waals surface area contributed by atoms with Crippen LogP contribution < -0.4 is 10.6 Å². The van der Waals surface area contributed by atoms with Crippen LogP contribution in [0.2, 0.25) is 5.02 Å². The van der Waals surface area contributed by atoms with Crippen molar-refractivity contribution in [3.63, 3.8) is 0 Å². The lowest BCUT2D eigenvalue weighted by atomic mass is 10.2. The SMILES string of the molecule is CC[C@@H](CO)NC(=S)Nc1cc(S(=O)(=O)N2CCOCC2)ccc1Cl. The molecule has 2 rings (SSSR count). The van der Waals surface area contributed by atoms with E-state index in [0.29, 0.717) is 43.4 Å². The molecular weight excluding hydrogens is 386 g/mol. The summed E-state index contributed by atoms with van der Waals surface area (Å²) in [6.45, 7) is 3.26. The van der Waals surface area contributed by atoms with E-state index in [1.807, 2.05) is 6.92 Å². The number of rotatable bonds is 6. The Kier molecular flexibility index (Phi) is 7.41. The first-order valence-corrected chi connectivity index (χ1v) is 10.2. The molecule has 1 aliphatic heterocycles. The zero-order valence-corrected chi connectivity index (χ0v) is 16.3. The van der Waals surface area contributed by atoms with E-state index >= 15 is 0 Å². The lowest BCUT2D eigenvalue weighted by Gasteiger charge is -2.26. The largest absolute Gasteiger partial charge is 0.394 e. The van der Waals surface area contributed by atoms with E-state index in [1.54, 1.807) is 0 Å². The molecule has 1 aliphatic rings. The van der Waals surface area contributed by atoms with Gasteiger partial charge in [-0.3, -0.25) is 0 Å². The van der Waals surface area contributed by atoms with Gasteiger partial charge in [0.15, 0.2) is 5.11 Å². The van der Waals surface area contributed by atoms with Crippen LogP contribution in [0.15, 0.2) is 23.1 Å². The molecule has 3 N–H and O–H groups in total. The molecule has 0 bridgehead atoms. The lowest BCUT2D eigenvalue weighted by molar-refractivity contribution is 0.0730. The number of anilines is 1. The van der Waals surface area contributed by atoms with Crippen LogP contribution in [0.25, 0.3) is 0 Å². The Balaban J connectivity index is 2.18. The average molecular weight is 408 g/mol. The molecule has 1 atom stereocenters. The first-order chi connectivity index (χ1) is 11.9. The fourth-order valence-electron chi connectivity index (χ4n) is 2.32. The summed E-state index contributed by atoms with van der Waals surface area (Å²) in [6.07, 6.45) is 0.692. The van der Waals surface area contributed by atoms with Gasteiger partial charge in [-0.2, -0.15) is 4.31 Å². The van der Waals surface area contributed by atoms with E-state index < -0.39 is 10.0 Å². The van der Waals surface area contributed by atoms with Gasteiger partial charge in [0.05, 0.1) is 41.5 Å². The smallest absolute Gasteiger partial charge is 0.243 e. The maximum atomic E-state index is 12.7. The normalized spacial score (nSPS) is 17.1. The molecule has 0 saturated carbocycles. The van der Waals surface area contributed by atoms with Crippen molar-refractivity contribution in [3.05, 3.63) is 23.2 Å². The predicted molar refractivity (Wildman–Crippen MR) is 102 cm³/mol. The van der Waals surface area contributed by atoms with Crippen LogP contribution in [-0.2, 0) is 14.8 Å². The highest BCUT2D eigenvalue weighted by Gasteiger charge is 2.27. The fourth-order valence-corrected chi connectivity index (χ4v) is 4.19. The lowest BCUT2D eigenvalue weighted by Crippen LogP contribution is -2.41. The molecule has 1 saturated heterocycles. The zero-order chi connectivity index (χ0) is 18.4. The molecule has 0 spiro atoms. The van der Waals surface area contributed by atoms with Gasteiger partial charge >= 0.3 is 0 Å². The maximum absolute atomic E-state index is 12.7. The number of aliphatic hydroxyl groups excluding tert-OH is 1. The number of nitrogens with one attached hydrogen (secondary N) is 2. The number of aliphatic hydroxyl groups is 1. The highest BCUT2D eigenvalue weighted by atomic mass is 35.5. The third-order valence-electron chi connectivity index (χ3n) is 3.84. The van der Waals surface area contributed by atoms with E-state index in [1.165, 1.54) is 22.5 Å². The maximum Gasteiger partial charge on any atom is 0.243 e. The van der Waals surface area contributed by atoms with Crippen LogP contribution in [0.5, 0.6) is 0 Å². The Bertz CT molecular complexity index is 705. The average Bonchev–Trinajstić information content (AvgIpc) is 2.62. The first-order valence-electron chi connectivity index (χ1n) is 7.94. The van der Waals surface area contributed by atoms with Gasteiger partial charge < -0.3 is 20.5 Å². The van der Waals surface area contributed by atoms with Gasteiger partial charge in [-0.05, 0) is 36.8 Å². The molecule has 1 heterocycles. The summed E-state index contributed by atoms with van der Waals surface area (Å²) in [6, 6.07) is 4.26. The van der Waals surface area contributed by atoms with Crippen LogP contribution >= 0.6 is 23.8 Å². The van der Waals surface area contributed by atoms with E-state index in [2.05, 4.69) is 10.6 Å². The van der Waals surface area contributed by atoms with Crippen molar-refractivity contribution in [1.82, 2.24) is 9.62 Å². The molecule has 1 aromatic carbocycles. The number of nitrogens with zero attached hydrogens (tertiary/aromatic N) is 1. The van der Waals surface area contributed by atoms with E-state index in [-0.39, 0.29) is 22.7 Å². The molecule has 140 valence electrons. The second-order valence-corrected chi connectivity index (χ2v) is 8.30. The van der Waals surface area contributed by atoms with Crippen LogP contribution in [-0.4, -0.2) is 61.9 Å². The number of thiocarbonyl (C=S) groups is 1. The molecule has 0 aromatic heterocycles. The zero-order valence-electron chi connectivity index (χ0n) is 13.9. The van der Waals surface area contributed by atoms with Crippen molar-refractivity contribution in [2.75, 3.05) is 38.2 Å². The quantitative estimate of drug-likeness (QED) is 0.614. The van der Waals surface area contributed by atoms with Gasteiger partial charge in [-0.15, -0.1) is 0 Å². The van der Waals surface area contributed by atoms with Crippen molar-refractivity contribution in [3.8, 4) is 0 Å². The molecule has 1 aromatic rings. The van der Waals surface area contributed by atoms with Crippen molar-refractivity contribution < 1.29 is 18.3 Å². The highest BCUT2D eigenvalue weighted by Crippen LogP contribution is 2.27. The third kappa shape index (κ3) is 5.25. The second kappa shape index (κ2) is 9.11. The van der Waals surface area contributed by atoms with Gasteiger partial charge in [0.1, 0.15) is 0 Å². The van der Waals surface area contributed by atoms with Gasteiger partial charge in [0, 0.05) is 13.1 Å². The number of ether oxygens (including phenoxy) is 1. The van der Waals surface area contributed by atoms with Crippen LogP contribution in [0.3, 0.4) is 0 Å². The van der Waals surface area contributed by atoms with Crippen LogP contribution in [0.1, 0.15) is 13.3 Å². The van der Waals surface area contributed by atoms with Crippen LogP contribution in [0, 0.1) is 0 Å². The van der Waals surface area contributed by atoms with Crippen molar-refractivity contribution in [2.45, 2.75) is 24.3 Å². The predicted octanol–water partition coefficient (Wildman–Crippen LogP) is 1.42. The summed E-state index contributed by atoms with van der Waals surface area (Å²) in [5, 5.41) is 15.7. The fraction of sp³-hybridized carbons (Fsp3) is 0.533. The second-order valence-electron chi connectivity index (χ2n) is 5.54. The Morgan fingerprint density at radius 1 is 1.44 bits per heavy atom. The molecule has 0 unspecified atom stereocenters. The standard InChI is InChI=1S/C15H22ClN3O4S2/c1-2-11(10-20)17-15(24)18-14-9-12(3-4-13(14)16)25(21,22)19-5-7-23-8-6-19/h3-4,9,11,20H,2,5-8,10H2,1H3,(H2,17,18,24)/t11-/m0/s1. The minimum atomic E-state index is -3.62. The molecule has 0 radical (unpaired) electrons. The molecule has 25 heavy (non-hydrogen) atoms.